The molecule has 0 radical (unpaired) electrons. The smallest absolute Gasteiger partial charge is 0.148 e. The number of Topliss-reactive ketones (excluding diaryl/α,β-unsaturated/α-hetero) is 1. The van der Waals surface area contributed by atoms with Crippen LogP contribution >= 0.6 is 11.0 Å². The maximum Gasteiger partial charge on any atom is 0.148 e. The van der Waals surface area contributed by atoms with Crippen molar-refractivity contribution in [2.75, 3.05) is 21.7 Å². The fourth-order valence-electron chi connectivity index (χ4n) is 2.97. The topological polar surface area (TPSA) is 76.0 Å². The maximum atomic E-state index is 12.3. The highest BCUT2D eigenvalue weighted by atomic mass is 32.3. The van der Waals surface area contributed by atoms with E-state index in [1.165, 1.54) is 0 Å². The van der Waals surface area contributed by atoms with E-state index >= 15 is 0 Å². The first-order valence-corrected chi connectivity index (χ1v) is 10.4. The van der Waals surface area contributed by atoms with Crippen LogP contribution in [0.2, 0.25) is 0 Å². The van der Waals surface area contributed by atoms with Crippen molar-refractivity contribution in [3.05, 3.63) is 54.6 Å². The molecule has 7 heteroatoms. The third-order valence-electron chi connectivity index (χ3n) is 4.31. The van der Waals surface area contributed by atoms with Gasteiger partial charge in [-0.3, -0.25) is 18.2 Å². The van der Waals surface area contributed by atoms with Gasteiger partial charge in [-0.25, -0.2) is 4.31 Å². The molecule has 0 fully saturated rings. The number of nitrogens with one attached hydrogen (secondary N) is 1. The second-order valence-corrected chi connectivity index (χ2v) is 9.39. The highest BCUT2D eigenvalue weighted by molar-refractivity contribution is 8.27. The van der Waals surface area contributed by atoms with E-state index in [2.05, 4.69) is 5.32 Å². The molecule has 27 heavy (non-hydrogen) atoms. The van der Waals surface area contributed by atoms with Gasteiger partial charge >= 0.3 is 0 Å². The number of benzene rings is 2. The molecule has 0 atom stereocenters. The fourth-order valence-corrected chi connectivity index (χ4v) is 4.75. The Balaban J connectivity index is 1.81. The van der Waals surface area contributed by atoms with E-state index in [1.54, 1.807) is 8.61 Å². The number of ketones is 1. The summed E-state index contributed by atoms with van der Waals surface area (Å²) in [6, 6.07) is 16.7. The maximum absolute atomic E-state index is 12.3. The van der Waals surface area contributed by atoms with E-state index in [-0.39, 0.29) is 30.8 Å². The van der Waals surface area contributed by atoms with Gasteiger partial charge in [0.2, 0.25) is 0 Å². The van der Waals surface area contributed by atoms with Gasteiger partial charge in [0, 0.05) is 18.5 Å². The molecule has 1 aliphatic rings. The molecular formula is C20H27N3O3S. The Morgan fingerprint density at radius 1 is 1.00 bits per heavy atom. The second kappa shape index (κ2) is 7.52. The molecule has 0 saturated heterocycles. The van der Waals surface area contributed by atoms with E-state index < -0.39 is 11.0 Å². The molecule has 0 aliphatic carbocycles. The molecule has 0 amide bonds. The summed E-state index contributed by atoms with van der Waals surface area (Å²) in [5, 5.41) is 3.17. The monoisotopic (exact) mass is 389 g/mol. The minimum absolute atomic E-state index is 0.0377. The quantitative estimate of drug-likeness (QED) is 0.672. The first-order valence-electron chi connectivity index (χ1n) is 8.97. The average Bonchev–Trinajstić information content (AvgIpc) is 2.84. The summed E-state index contributed by atoms with van der Waals surface area (Å²) < 4.78 is 25.2. The second-order valence-electron chi connectivity index (χ2n) is 7.60. The lowest BCUT2D eigenvalue weighted by atomic mass is 10.1. The minimum atomic E-state index is -3.29. The van der Waals surface area contributed by atoms with Gasteiger partial charge in [-0.05, 0) is 56.0 Å². The zero-order valence-corrected chi connectivity index (χ0v) is 16.7. The number of carbonyl (C=O) groups is 1. The lowest BCUT2D eigenvalue weighted by molar-refractivity contribution is -0.118. The summed E-state index contributed by atoms with van der Waals surface area (Å²) in [6.45, 7) is 6.52. The van der Waals surface area contributed by atoms with Crippen LogP contribution in [0, 0.1) is 0 Å². The van der Waals surface area contributed by atoms with Crippen molar-refractivity contribution < 1.29 is 13.9 Å². The first kappa shape index (κ1) is 19.7. The lowest BCUT2D eigenvalue weighted by Crippen LogP contribution is -2.40. The van der Waals surface area contributed by atoms with Gasteiger partial charge in [0.05, 0.1) is 23.6 Å². The Hall–Kier alpha value is -2.06. The standard InChI is InChI=1S/C20H27N3O3S/c1-20(2,3)21-15-17(24)13-14-22-18-11-7-8-12-19(18)23(27(22,25)26)16-9-5-4-6-10-16/h4-12,21,25-26H,13-15H2,1-3H3. The molecule has 0 unspecified atom stereocenters. The third-order valence-corrected chi connectivity index (χ3v) is 6.18. The minimum Gasteiger partial charge on any atom is -0.305 e. The normalized spacial score (nSPS) is 16.9. The van der Waals surface area contributed by atoms with Gasteiger partial charge in [-0.2, -0.15) is 0 Å². The molecule has 1 heterocycles. The van der Waals surface area contributed by atoms with Crippen molar-refractivity contribution in [2.24, 2.45) is 0 Å². The Bertz CT molecular complexity index is 806. The van der Waals surface area contributed by atoms with Crippen molar-refractivity contribution in [2.45, 2.75) is 32.7 Å². The van der Waals surface area contributed by atoms with Gasteiger partial charge in [0.25, 0.3) is 0 Å². The van der Waals surface area contributed by atoms with E-state index in [9.17, 15) is 13.9 Å². The van der Waals surface area contributed by atoms with Gasteiger partial charge in [0.15, 0.2) is 0 Å². The van der Waals surface area contributed by atoms with Crippen LogP contribution < -0.4 is 13.9 Å². The summed E-state index contributed by atoms with van der Waals surface area (Å²) in [4.78, 5) is 12.3. The third kappa shape index (κ3) is 4.27. The van der Waals surface area contributed by atoms with E-state index in [1.807, 2.05) is 75.4 Å². The molecule has 146 valence electrons. The predicted octanol–water partition coefficient (Wildman–Crippen LogP) is 4.57. The average molecular weight is 390 g/mol. The van der Waals surface area contributed by atoms with Crippen LogP contribution in [0.15, 0.2) is 54.6 Å². The largest absolute Gasteiger partial charge is 0.305 e. The van der Waals surface area contributed by atoms with E-state index in [0.29, 0.717) is 5.69 Å². The number of para-hydroxylation sites is 3. The van der Waals surface area contributed by atoms with E-state index in [4.69, 9.17) is 0 Å². The molecule has 1 aliphatic heterocycles. The highest BCUT2D eigenvalue weighted by Crippen LogP contribution is 2.63. The van der Waals surface area contributed by atoms with Crippen molar-refractivity contribution in [3.8, 4) is 0 Å². The van der Waals surface area contributed by atoms with Gasteiger partial charge < -0.3 is 5.32 Å². The van der Waals surface area contributed by atoms with Crippen LogP contribution in [-0.4, -0.2) is 33.5 Å². The molecule has 0 aromatic heterocycles. The van der Waals surface area contributed by atoms with Crippen molar-refractivity contribution >= 4 is 33.8 Å². The molecule has 3 rings (SSSR count). The zero-order chi connectivity index (χ0) is 19.7. The van der Waals surface area contributed by atoms with Crippen LogP contribution in [-0.2, 0) is 4.79 Å². The summed E-state index contributed by atoms with van der Waals surface area (Å²) in [7, 11) is -3.29. The van der Waals surface area contributed by atoms with E-state index in [0.717, 1.165) is 11.4 Å². The molecule has 0 saturated carbocycles. The summed E-state index contributed by atoms with van der Waals surface area (Å²) >= 11 is 0. The molecule has 3 N–H and O–H groups in total. The summed E-state index contributed by atoms with van der Waals surface area (Å²) in [5.41, 5.74) is 2.01. The molecule has 6 nitrogen and oxygen atoms in total. The highest BCUT2D eigenvalue weighted by Gasteiger charge is 2.41. The number of fused-ring (bicyclic) bond motifs is 1. The first-order chi connectivity index (χ1) is 12.7. The van der Waals surface area contributed by atoms with Crippen LogP contribution in [0.5, 0.6) is 0 Å². The van der Waals surface area contributed by atoms with Crippen LogP contribution in [0.1, 0.15) is 27.2 Å². The summed E-state index contributed by atoms with van der Waals surface area (Å²) in [6.07, 6.45) is 0.232. The molecule has 0 bridgehead atoms. The van der Waals surface area contributed by atoms with Crippen LogP contribution in [0.3, 0.4) is 0 Å². The van der Waals surface area contributed by atoms with Gasteiger partial charge in [-0.1, -0.05) is 30.3 Å². The van der Waals surface area contributed by atoms with Gasteiger partial charge in [-0.15, -0.1) is 0 Å². The number of hydrogen-bond donors (Lipinski definition) is 3. The summed E-state index contributed by atoms with van der Waals surface area (Å²) in [5.74, 6) is 0.0377. The molecule has 2 aromatic carbocycles. The number of rotatable bonds is 6. The number of anilines is 3. The van der Waals surface area contributed by atoms with Crippen molar-refractivity contribution in [3.63, 3.8) is 0 Å². The fraction of sp³-hybridized carbons (Fsp3) is 0.350. The van der Waals surface area contributed by atoms with Crippen molar-refractivity contribution in [1.29, 1.82) is 0 Å². The van der Waals surface area contributed by atoms with Crippen LogP contribution in [0.4, 0.5) is 17.1 Å². The predicted molar refractivity (Wildman–Crippen MR) is 113 cm³/mol. The van der Waals surface area contributed by atoms with Crippen LogP contribution in [0.25, 0.3) is 0 Å². The zero-order valence-electron chi connectivity index (χ0n) is 15.9. The number of nitrogens with zero attached hydrogens (tertiary/aromatic N) is 2. The molecular weight excluding hydrogens is 362 g/mol. The Morgan fingerprint density at radius 3 is 2.22 bits per heavy atom. The number of hydrogen-bond acceptors (Lipinski definition) is 6. The Kier molecular flexibility index (Phi) is 5.48. The lowest BCUT2D eigenvalue weighted by Gasteiger charge is -2.43. The Labute approximate surface area is 162 Å². The molecule has 2 aromatic rings. The SMILES string of the molecule is CC(C)(C)NCC(=O)CCN1c2ccccc2N(c2ccccc2)S1(O)O. The number of carbonyl (C=O) groups excluding carboxylic acids is 1. The Morgan fingerprint density at radius 2 is 1.59 bits per heavy atom. The van der Waals surface area contributed by atoms with Crippen molar-refractivity contribution in [1.82, 2.24) is 5.32 Å². The van der Waals surface area contributed by atoms with Gasteiger partial charge in [0.1, 0.15) is 5.78 Å². The molecule has 0 spiro atoms.